The molecule has 1 heterocycles. The molecule has 6 nitrogen and oxygen atoms in total. The zero-order valence-corrected chi connectivity index (χ0v) is 23.6. The van der Waals surface area contributed by atoms with E-state index in [1.54, 1.807) is 12.3 Å². The van der Waals surface area contributed by atoms with Gasteiger partial charge in [0.05, 0.1) is 29.8 Å². The number of nitrogens with zero attached hydrogens (tertiary/aromatic N) is 3. The number of aryl methyl sites for hydroxylation is 1. The van der Waals surface area contributed by atoms with Gasteiger partial charge in [-0.1, -0.05) is 47.8 Å². The van der Waals surface area contributed by atoms with Crippen LogP contribution in [0.2, 0.25) is 5.02 Å². The molecule has 0 amide bonds. The first-order valence-corrected chi connectivity index (χ1v) is 13.3. The normalized spacial score (nSPS) is 12.4. The highest BCUT2D eigenvalue weighted by molar-refractivity contribution is 9.10. The second-order valence-corrected chi connectivity index (χ2v) is 9.93. The standard InChI is InChI=1S/C25H28Br2ClN3O3/c1-5-8-9-21-30-19-11-10-17(26)13-18(19)25(32)31(21)29-14-16-12-20(33-7-3)24(23(28)22(16)27)34-15(4)6-2/h10-15H,5-9H2,1-4H3/t15-/m1/s1. The molecule has 0 saturated carbocycles. The van der Waals surface area contributed by atoms with E-state index in [1.165, 1.54) is 4.68 Å². The summed E-state index contributed by atoms with van der Waals surface area (Å²) in [5.41, 5.74) is 1.09. The summed E-state index contributed by atoms with van der Waals surface area (Å²) in [5, 5.41) is 5.43. The molecule has 2 aromatic carbocycles. The Morgan fingerprint density at radius 3 is 2.68 bits per heavy atom. The predicted octanol–water partition coefficient (Wildman–Crippen LogP) is 7.38. The number of halogens is 3. The number of unbranched alkanes of at least 4 members (excludes halogenated alkanes) is 1. The van der Waals surface area contributed by atoms with E-state index in [1.807, 2.05) is 39.0 Å². The SMILES string of the molecule is CCCCc1nc2ccc(Br)cc2c(=O)n1N=Cc1cc(OCC)c(O[C@H](C)CC)c(Cl)c1Br. The average molecular weight is 614 g/mol. The van der Waals surface area contributed by atoms with Gasteiger partial charge in [-0.25, -0.2) is 4.98 Å². The van der Waals surface area contributed by atoms with E-state index < -0.39 is 0 Å². The van der Waals surface area contributed by atoms with Crippen molar-refractivity contribution in [2.24, 2.45) is 5.10 Å². The molecule has 9 heteroatoms. The van der Waals surface area contributed by atoms with Crippen molar-refractivity contribution in [2.75, 3.05) is 6.61 Å². The van der Waals surface area contributed by atoms with Crippen LogP contribution in [0, 0.1) is 0 Å². The fraction of sp³-hybridized carbons (Fsp3) is 0.400. The lowest BCUT2D eigenvalue weighted by molar-refractivity contribution is 0.203. The predicted molar refractivity (Wildman–Crippen MR) is 146 cm³/mol. The summed E-state index contributed by atoms with van der Waals surface area (Å²) in [4.78, 5) is 18.0. The van der Waals surface area contributed by atoms with E-state index in [4.69, 9.17) is 26.1 Å². The van der Waals surface area contributed by atoms with Crippen LogP contribution in [0.4, 0.5) is 0 Å². The Labute approximate surface area is 221 Å². The summed E-state index contributed by atoms with van der Waals surface area (Å²) < 4.78 is 14.6. The van der Waals surface area contributed by atoms with Crippen molar-refractivity contribution < 1.29 is 9.47 Å². The number of aromatic nitrogens is 2. The Morgan fingerprint density at radius 2 is 2.00 bits per heavy atom. The average Bonchev–Trinajstić information content (AvgIpc) is 2.82. The Morgan fingerprint density at radius 1 is 1.24 bits per heavy atom. The molecular weight excluding hydrogens is 586 g/mol. The molecule has 182 valence electrons. The Balaban J connectivity index is 2.13. The van der Waals surface area contributed by atoms with Crippen LogP contribution in [0.25, 0.3) is 10.9 Å². The molecule has 0 spiro atoms. The van der Waals surface area contributed by atoms with Crippen molar-refractivity contribution in [3.8, 4) is 11.5 Å². The summed E-state index contributed by atoms with van der Waals surface area (Å²) in [6, 6.07) is 7.29. The third-order valence-corrected chi connectivity index (χ3v) is 7.23. The number of benzene rings is 2. The summed E-state index contributed by atoms with van der Waals surface area (Å²) in [6.45, 7) is 8.47. The highest BCUT2D eigenvalue weighted by atomic mass is 79.9. The van der Waals surface area contributed by atoms with Gasteiger partial charge in [-0.3, -0.25) is 4.79 Å². The fourth-order valence-corrected chi connectivity index (χ4v) is 4.29. The number of ether oxygens (including phenoxy) is 2. The van der Waals surface area contributed by atoms with Gasteiger partial charge in [-0.2, -0.15) is 9.78 Å². The maximum Gasteiger partial charge on any atom is 0.282 e. The lowest BCUT2D eigenvalue weighted by Gasteiger charge is -2.19. The first kappa shape index (κ1) is 26.7. The van der Waals surface area contributed by atoms with Crippen LogP contribution in [-0.4, -0.2) is 28.6 Å². The van der Waals surface area contributed by atoms with Gasteiger partial charge in [0.15, 0.2) is 11.5 Å². The molecule has 0 unspecified atom stereocenters. The van der Waals surface area contributed by atoms with Crippen molar-refractivity contribution in [1.82, 2.24) is 9.66 Å². The van der Waals surface area contributed by atoms with Crippen LogP contribution in [0.1, 0.15) is 58.3 Å². The lowest BCUT2D eigenvalue weighted by Crippen LogP contribution is -2.22. The van der Waals surface area contributed by atoms with Crippen molar-refractivity contribution in [3.63, 3.8) is 0 Å². The molecule has 1 atom stereocenters. The quantitative estimate of drug-likeness (QED) is 0.224. The van der Waals surface area contributed by atoms with Crippen molar-refractivity contribution >= 4 is 60.6 Å². The van der Waals surface area contributed by atoms with Gasteiger partial charge in [0.1, 0.15) is 10.8 Å². The summed E-state index contributed by atoms with van der Waals surface area (Å²) >= 11 is 13.6. The van der Waals surface area contributed by atoms with Crippen LogP contribution in [0.15, 0.2) is 43.1 Å². The van der Waals surface area contributed by atoms with Gasteiger partial charge in [0, 0.05) is 20.9 Å². The topological polar surface area (TPSA) is 65.7 Å². The molecule has 0 aliphatic heterocycles. The minimum Gasteiger partial charge on any atom is -0.490 e. The van der Waals surface area contributed by atoms with E-state index in [2.05, 4.69) is 43.9 Å². The number of hydrogen-bond donors (Lipinski definition) is 0. The monoisotopic (exact) mass is 611 g/mol. The van der Waals surface area contributed by atoms with Gasteiger partial charge in [0.25, 0.3) is 5.56 Å². The minimum atomic E-state index is -0.224. The second kappa shape index (κ2) is 12.2. The summed E-state index contributed by atoms with van der Waals surface area (Å²) in [5.74, 6) is 1.62. The van der Waals surface area contributed by atoms with Crippen molar-refractivity contribution in [3.05, 3.63) is 60.0 Å². The van der Waals surface area contributed by atoms with Gasteiger partial charge in [0.2, 0.25) is 0 Å². The van der Waals surface area contributed by atoms with Crippen molar-refractivity contribution in [1.29, 1.82) is 0 Å². The Hall–Kier alpha value is -1.90. The van der Waals surface area contributed by atoms with Gasteiger partial charge < -0.3 is 9.47 Å². The molecule has 0 aliphatic carbocycles. The van der Waals surface area contributed by atoms with Crippen LogP contribution < -0.4 is 15.0 Å². The largest absolute Gasteiger partial charge is 0.490 e. The zero-order valence-electron chi connectivity index (χ0n) is 19.7. The maximum atomic E-state index is 13.3. The van der Waals surface area contributed by atoms with Crippen LogP contribution in [0.3, 0.4) is 0 Å². The molecule has 3 rings (SSSR count). The fourth-order valence-electron chi connectivity index (χ4n) is 3.29. The van der Waals surface area contributed by atoms with Crippen LogP contribution in [0.5, 0.6) is 11.5 Å². The maximum absolute atomic E-state index is 13.3. The molecule has 0 saturated heterocycles. The smallest absolute Gasteiger partial charge is 0.282 e. The molecule has 0 N–H and O–H groups in total. The van der Waals surface area contributed by atoms with Gasteiger partial charge >= 0.3 is 0 Å². The lowest BCUT2D eigenvalue weighted by atomic mass is 10.2. The van der Waals surface area contributed by atoms with Crippen LogP contribution >= 0.6 is 43.5 Å². The molecule has 3 aromatic rings. The van der Waals surface area contributed by atoms with E-state index >= 15 is 0 Å². The summed E-state index contributed by atoms with van der Waals surface area (Å²) in [6.07, 6.45) is 4.92. The van der Waals surface area contributed by atoms with Gasteiger partial charge in [-0.15, -0.1) is 0 Å². The van der Waals surface area contributed by atoms with Crippen LogP contribution in [-0.2, 0) is 6.42 Å². The molecule has 0 aliphatic rings. The molecule has 0 radical (unpaired) electrons. The zero-order chi connectivity index (χ0) is 24.8. The highest BCUT2D eigenvalue weighted by Gasteiger charge is 2.19. The molecule has 34 heavy (non-hydrogen) atoms. The third kappa shape index (κ3) is 6.01. The van der Waals surface area contributed by atoms with E-state index in [0.29, 0.717) is 56.3 Å². The number of rotatable bonds is 10. The van der Waals surface area contributed by atoms with E-state index in [9.17, 15) is 4.79 Å². The first-order chi connectivity index (χ1) is 16.3. The molecule has 1 aromatic heterocycles. The molecule has 0 fully saturated rings. The third-order valence-electron chi connectivity index (χ3n) is 5.29. The van der Waals surface area contributed by atoms with E-state index in [-0.39, 0.29) is 11.7 Å². The Kier molecular flexibility index (Phi) is 9.56. The van der Waals surface area contributed by atoms with Gasteiger partial charge in [-0.05, 0) is 66.9 Å². The molecule has 0 bridgehead atoms. The first-order valence-electron chi connectivity index (χ1n) is 11.4. The second-order valence-electron chi connectivity index (χ2n) is 7.85. The number of fused-ring (bicyclic) bond motifs is 1. The van der Waals surface area contributed by atoms with Crippen molar-refractivity contribution in [2.45, 2.75) is 59.5 Å². The molecular formula is C25H28Br2ClN3O3. The van der Waals surface area contributed by atoms with E-state index in [0.717, 1.165) is 23.7 Å². The Bertz CT molecular complexity index is 1260. The highest BCUT2D eigenvalue weighted by Crippen LogP contribution is 2.43. The summed E-state index contributed by atoms with van der Waals surface area (Å²) in [7, 11) is 0. The number of hydrogen-bond acceptors (Lipinski definition) is 5. The minimum absolute atomic E-state index is 0.0224.